The Morgan fingerprint density at radius 2 is 1.42 bits per heavy atom. The quantitative estimate of drug-likeness (QED) is 0.169. The number of hydrogen-bond acceptors (Lipinski definition) is 11. The van der Waals surface area contributed by atoms with E-state index in [4.69, 9.17) is 4.55 Å². The van der Waals surface area contributed by atoms with Crippen molar-refractivity contribution in [2.45, 2.75) is 23.8 Å². The smallest absolute Gasteiger partial charge is 0.282 e. The van der Waals surface area contributed by atoms with Gasteiger partial charge in [-0.05, 0) is 25.1 Å². The molecule has 17 heteroatoms. The Balaban J connectivity index is 0.000000384. The van der Waals surface area contributed by atoms with Crippen molar-refractivity contribution in [1.82, 2.24) is 0 Å². The fourth-order valence-electron chi connectivity index (χ4n) is 2.89. The average molecular weight is 570 g/mol. The van der Waals surface area contributed by atoms with Gasteiger partial charge in [0.2, 0.25) is 0 Å². The lowest BCUT2D eigenvalue weighted by Gasteiger charge is -2.11. The minimum absolute atomic E-state index is 0.0666. The highest BCUT2D eigenvalue weighted by Gasteiger charge is 2.39. The number of nitro groups is 3. The molecule has 0 heterocycles. The van der Waals surface area contributed by atoms with Gasteiger partial charge < -0.3 is 0 Å². The monoisotopic (exact) mass is 569 g/mol. The Kier molecular flexibility index (Phi) is 9.66. The minimum atomic E-state index is -4.80. The lowest BCUT2D eigenvalue weighted by molar-refractivity contribution is -0.504. The van der Waals surface area contributed by atoms with Gasteiger partial charge in [-0.15, -0.1) is 0 Å². The summed E-state index contributed by atoms with van der Waals surface area (Å²) in [4.78, 5) is 30.1. The van der Waals surface area contributed by atoms with Crippen LogP contribution in [0.3, 0.4) is 0 Å². The summed E-state index contributed by atoms with van der Waals surface area (Å²) in [6, 6.07) is 15.3. The predicted octanol–water partition coefficient (Wildman–Crippen LogP) is 3.57. The van der Waals surface area contributed by atoms with Gasteiger partial charge in [0.25, 0.3) is 21.5 Å². The van der Waals surface area contributed by atoms with Crippen LogP contribution in [-0.2, 0) is 31.0 Å². The van der Waals surface area contributed by atoms with E-state index in [-0.39, 0.29) is 16.0 Å². The second kappa shape index (κ2) is 12.3. The van der Waals surface area contributed by atoms with Gasteiger partial charge >= 0.3 is 15.5 Å². The Hall–Kier alpha value is -4.32. The maximum atomic E-state index is 12.3. The minimum Gasteiger partial charge on any atom is -0.282 e. The maximum absolute atomic E-state index is 12.3. The summed E-state index contributed by atoms with van der Waals surface area (Å²) in [7, 11) is -8.82. The van der Waals surface area contributed by atoms with Crippen LogP contribution in [0.5, 0.6) is 0 Å². The van der Waals surface area contributed by atoms with Gasteiger partial charge in [0, 0.05) is 16.6 Å². The molecule has 0 aromatic heterocycles. The van der Waals surface area contributed by atoms with Crippen LogP contribution < -0.4 is 0 Å². The zero-order chi connectivity index (χ0) is 28.7. The number of nitro benzene ring substituents is 2. The Morgan fingerprint density at radius 1 is 0.842 bits per heavy atom. The fourth-order valence-corrected chi connectivity index (χ4v) is 4.49. The highest BCUT2D eigenvalue weighted by molar-refractivity contribution is 7.86. The molecular formula is C21H19N3O12S2. The first-order chi connectivity index (χ1) is 17.6. The van der Waals surface area contributed by atoms with Crippen molar-refractivity contribution in [3.63, 3.8) is 0 Å². The molecule has 0 amide bonds. The molecule has 202 valence electrons. The SMILES string of the molecule is Cc1ccc(S(=O)(=O)O)cc1.O=[N+]([O-])c1ccc(COS(=O)(=O)C(c2ccccc2)[N+](=O)[O-])c([N+](=O)[O-])c1. The molecule has 38 heavy (non-hydrogen) atoms. The first kappa shape index (κ1) is 29.9. The van der Waals surface area contributed by atoms with Crippen molar-refractivity contribution < 1.29 is 40.3 Å². The van der Waals surface area contributed by atoms with Gasteiger partial charge in [0.05, 0.1) is 33.0 Å². The summed E-state index contributed by atoms with van der Waals surface area (Å²) in [5, 5.41) is 30.8. The van der Waals surface area contributed by atoms with Crippen LogP contribution in [0.2, 0.25) is 0 Å². The van der Waals surface area contributed by atoms with Crippen LogP contribution in [0.15, 0.2) is 77.7 Å². The molecule has 3 aromatic rings. The number of non-ortho nitro benzene ring substituents is 1. The van der Waals surface area contributed by atoms with Crippen molar-refractivity contribution >= 4 is 31.6 Å². The number of hydrogen-bond donors (Lipinski definition) is 1. The van der Waals surface area contributed by atoms with E-state index in [1.165, 1.54) is 42.5 Å². The van der Waals surface area contributed by atoms with Gasteiger partial charge in [-0.3, -0.25) is 39.1 Å². The van der Waals surface area contributed by atoms with Crippen molar-refractivity contribution in [1.29, 1.82) is 0 Å². The molecule has 1 unspecified atom stereocenters. The van der Waals surface area contributed by atoms with E-state index in [0.29, 0.717) is 6.07 Å². The Morgan fingerprint density at radius 3 is 1.89 bits per heavy atom. The van der Waals surface area contributed by atoms with Crippen molar-refractivity contribution in [2.24, 2.45) is 0 Å². The molecule has 0 spiro atoms. The van der Waals surface area contributed by atoms with E-state index in [2.05, 4.69) is 4.18 Å². The van der Waals surface area contributed by atoms with Crippen LogP contribution in [-0.4, -0.2) is 36.2 Å². The lowest BCUT2D eigenvalue weighted by atomic mass is 10.2. The molecule has 3 aromatic carbocycles. The summed E-state index contributed by atoms with van der Waals surface area (Å²) in [5.74, 6) is 0. The average Bonchev–Trinajstić information content (AvgIpc) is 2.83. The third kappa shape index (κ3) is 8.10. The first-order valence-electron chi connectivity index (χ1n) is 10.2. The third-order valence-electron chi connectivity index (χ3n) is 4.72. The summed E-state index contributed by atoms with van der Waals surface area (Å²) in [6.07, 6.45) is 0. The number of aryl methyl sites for hydroxylation is 1. The van der Waals surface area contributed by atoms with Crippen LogP contribution >= 0.6 is 0 Å². The van der Waals surface area contributed by atoms with Gasteiger partial charge in [0.1, 0.15) is 0 Å². The Labute approximate surface area is 215 Å². The second-order valence-corrected chi connectivity index (χ2v) is 10.5. The molecular weight excluding hydrogens is 550 g/mol. The molecule has 3 rings (SSSR count). The molecule has 0 aliphatic carbocycles. The van der Waals surface area contributed by atoms with Crippen LogP contribution in [0.1, 0.15) is 22.1 Å². The third-order valence-corrected chi connectivity index (χ3v) is 7.03. The van der Waals surface area contributed by atoms with Crippen LogP contribution in [0.4, 0.5) is 11.4 Å². The number of nitrogens with zero attached hydrogens (tertiary/aromatic N) is 3. The molecule has 0 fully saturated rings. The zero-order valence-corrected chi connectivity index (χ0v) is 20.9. The van der Waals surface area contributed by atoms with Crippen molar-refractivity contribution in [3.05, 3.63) is 120 Å². The van der Waals surface area contributed by atoms with E-state index in [1.807, 2.05) is 6.92 Å². The summed E-state index contributed by atoms with van der Waals surface area (Å²) in [6.45, 7) is 0.946. The van der Waals surface area contributed by atoms with Gasteiger partial charge in [-0.2, -0.15) is 16.8 Å². The zero-order valence-electron chi connectivity index (χ0n) is 19.3. The Bertz CT molecular complexity index is 1540. The molecule has 0 saturated heterocycles. The van der Waals surface area contributed by atoms with Gasteiger partial charge in [-0.1, -0.05) is 48.0 Å². The number of rotatable bonds is 9. The van der Waals surface area contributed by atoms with Crippen LogP contribution in [0.25, 0.3) is 0 Å². The maximum Gasteiger partial charge on any atom is 0.359 e. The fraction of sp³-hybridized carbons (Fsp3) is 0.143. The van der Waals surface area contributed by atoms with E-state index in [1.54, 1.807) is 12.1 Å². The largest absolute Gasteiger partial charge is 0.359 e. The molecule has 1 N–H and O–H groups in total. The highest BCUT2D eigenvalue weighted by atomic mass is 32.2. The summed E-state index contributed by atoms with van der Waals surface area (Å²) in [5.41, 5.74) is -0.792. The van der Waals surface area contributed by atoms with E-state index >= 15 is 0 Å². The summed E-state index contributed by atoms with van der Waals surface area (Å²) >= 11 is 0. The molecule has 1 atom stereocenters. The molecule has 0 radical (unpaired) electrons. The topological polar surface area (TPSA) is 227 Å². The van der Waals surface area contributed by atoms with E-state index in [9.17, 15) is 47.2 Å². The number of benzene rings is 3. The molecule has 15 nitrogen and oxygen atoms in total. The summed E-state index contributed by atoms with van der Waals surface area (Å²) < 4.78 is 58.7. The predicted molar refractivity (Wildman–Crippen MR) is 131 cm³/mol. The molecule has 0 aliphatic heterocycles. The standard InChI is InChI=1S/C14H11N3O9S.C7H8O3S/c18-15(19)12-7-6-11(13(8-12)16(20)21)9-26-27(24,25)14(17(22)23)10-4-2-1-3-5-10;1-6-2-4-7(5-3-6)11(8,9)10/h1-8,14H,9H2;2-5H,1H3,(H,8,9,10). The molecule has 0 aliphatic rings. The lowest BCUT2D eigenvalue weighted by Crippen LogP contribution is -2.23. The van der Waals surface area contributed by atoms with Crippen molar-refractivity contribution in [3.8, 4) is 0 Å². The van der Waals surface area contributed by atoms with Gasteiger partial charge in [-0.25, -0.2) is 0 Å². The van der Waals surface area contributed by atoms with E-state index < -0.39 is 58.4 Å². The molecule has 0 bridgehead atoms. The second-order valence-electron chi connectivity index (χ2n) is 7.42. The normalized spacial score (nSPS) is 12.1. The van der Waals surface area contributed by atoms with Gasteiger partial charge in [0.15, 0.2) is 0 Å². The van der Waals surface area contributed by atoms with Crippen LogP contribution in [0, 0.1) is 37.3 Å². The highest BCUT2D eigenvalue weighted by Crippen LogP contribution is 2.29. The van der Waals surface area contributed by atoms with E-state index in [0.717, 1.165) is 17.7 Å². The van der Waals surface area contributed by atoms with Crippen molar-refractivity contribution in [2.75, 3.05) is 0 Å². The first-order valence-corrected chi connectivity index (χ1v) is 13.1. The molecule has 0 saturated carbocycles.